The first-order valence-electron chi connectivity index (χ1n) is 8.03. The van der Waals surface area contributed by atoms with Gasteiger partial charge in [0.1, 0.15) is 0 Å². The Labute approximate surface area is 139 Å². The lowest BCUT2D eigenvalue weighted by molar-refractivity contribution is -0.118. The van der Waals surface area contributed by atoms with Gasteiger partial charge >= 0.3 is 0 Å². The molecule has 3 N–H and O–H groups in total. The van der Waals surface area contributed by atoms with Crippen LogP contribution in [0.1, 0.15) is 29.2 Å². The van der Waals surface area contributed by atoms with E-state index >= 15 is 0 Å². The number of fused-ring (bicyclic) bond motifs is 1. The number of carbonyl (C=O) groups is 1. The summed E-state index contributed by atoms with van der Waals surface area (Å²) >= 11 is 1.56. The monoisotopic (exact) mass is 328 g/mol. The average molecular weight is 328 g/mol. The summed E-state index contributed by atoms with van der Waals surface area (Å²) in [5, 5.41) is 3.66. The SMILES string of the molecule is Nc1ncc(CN2CCC(C3C(=O)Nc4ccccc43)CC2)s1. The zero-order valence-electron chi connectivity index (χ0n) is 12.9. The Morgan fingerprint density at radius 1 is 1.30 bits per heavy atom. The highest BCUT2D eigenvalue weighted by Gasteiger charge is 2.37. The molecule has 2 aliphatic rings. The van der Waals surface area contributed by atoms with Crippen molar-refractivity contribution < 1.29 is 4.79 Å². The van der Waals surface area contributed by atoms with Gasteiger partial charge in [-0.2, -0.15) is 0 Å². The summed E-state index contributed by atoms with van der Waals surface area (Å²) in [6.07, 6.45) is 3.98. The molecule has 1 amide bonds. The molecular formula is C17H20N4OS. The second kappa shape index (κ2) is 5.94. The largest absolute Gasteiger partial charge is 0.375 e. The number of likely N-dealkylation sites (tertiary alicyclic amines) is 1. The molecule has 5 nitrogen and oxygen atoms in total. The van der Waals surface area contributed by atoms with Gasteiger partial charge in [-0.25, -0.2) is 4.98 Å². The maximum Gasteiger partial charge on any atom is 0.232 e. The lowest BCUT2D eigenvalue weighted by Gasteiger charge is -2.33. The average Bonchev–Trinajstić information content (AvgIpc) is 3.10. The first-order valence-corrected chi connectivity index (χ1v) is 8.84. The van der Waals surface area contributed by atoms with Crippen LogP contribution >= 0.6 is 11.3 Å². The summed E-state index contributed by atoms with van der Waals surface area (Å²) in [6.45, 7) is 2.96. The zero-order valence-corrected chi connectivity index (χ0v) is 13.7. The number of piperidine rings is 1. The van der Waals surface area contributed by atoms with E-state index in [0.717, 1.165) is 38.2 Å². The van der Waals surface area contributed by atoms with Crippen molar-refractivity contribution in [1.82, 2.24) is 9.88 Å². The van der Waals surface area contributed by atoms with Crippen LogP contribution in [0.2, 0.25) is 0 Å². The number of anilines is 2. The minimum atomic E-state index is 0.0207. The summed E-state index contributed by atoms with van der Waals surface area (Å²) < 4.78 is 0. The Morgan fingerprint density at radius 3 is 2.83 bits per heavy atom. The smallest absolute Gasteiger partial charge is 0.232 e. The number of thiazole rings is 1. The molecule has 1 aromatic carbocycles. The van der Waals surface area contributed by atoms with Gasteiger partial charge in [0.15, 0.2) is 5.13 Å². The molecule has 6 heteroatoms. The van der Waals surface area contributed by atoms with E-state index in [2.05, 4.69) is 21.3 Å². The van der Waals surface area contributed by atoms with Crippen molar-refractivity contribution in [3.8, 4) is 0 Å². The van der Waals surface area contributed by atoms with Gasteiger partial charge < -0.3 is 11.1 Å². The molecular weight excluding hydrogens is 308 g/mol. The maximum absolute atomic E-state index is 12.4. The Kier molecular flexibility index (Phi) is 3.79. The minimum Gasteiger partial charge on any atom is -0.375 e. The number of nitrogens with one attached hydrogen (secondary N) is 1. The molecule has 2 aromatic rings. The normalized spacial score (nSPS) is 22.1. The lowest BCUT2D eigenvalue weighted by atomic mass is 9.81. The van der Waals surface area contributed by atoms with Crippen molar-refractivity contribution in [2.75, 3.05) is 24.1 Å². The van der Waals surface area contributed by atoms with Crippen LogP contribution in [-0.4, -0.2) is 28.9 Å². The number of hydrogen-bond donors (Lipinski definition) is 2. The zero-order chi connectivity index (χ0) is 15.8. The first kappa shape index (κ1) is 14.7. The number of aromatic nitrogens is 1. The number of para-hydroxylation sites is 1. The van der Waals surface area contributed by atoms with Crippen molar-refractivity contribution in [2.24, 2.45) is 5.92 Å². The number of nitrogens with zero attached hydrogens (tertiary/aromatic N) is 2. The summed E-state index contributed by atoms with van der Waals surface area (Å²) in [5.41, 5.74) is 7.86. The van der Waals surface area contributed by atoms with Crippen molar-refractivity contribution in [3.05, 3.63) is 40.9 Å². The second-order valence-corrected chi connectivity index (χ2v) is 7.48. The van der Waals surface area contributed by atoms with Gasteiger partial charge in [-0.3, -0.25) is 9.69 Å². The molecule has 1 aromatic heterocycles. The highest BCUT2D eigenvalue weighted by atomic mass is 32.1. The molecule has 1 atom stereocenters. The van der Waals surface area contributed by atoms with E-state index in [9.17, 15) is 4.79 Å². The molecule has 23 heavy (non-hydrogen) atoms. The van der Waals surface area contributed by atoms with Crippen LogP contribution in [0.3, 0.4) is 0 Å². The predicted octanol–water partition coefficient (Wildman–Crippen LogP) is 2.67. The van der Waals surface area contributed by atoms with Gasteiger partial charge in [-0.1, -0.05) is 18.2 Å². The molecule has 1 saturated heterocycles. The lowest BCUT2D eigenvalue weighted by Crippen LogP contribution is -2.36. The summed E-state index contributed by atoms with van der Waals surface area (Å²) in [4.78, 5) is 20.1. The van der Waals surface area contributed by atoms with Gasteiger partial charge in [-0.15, -0.1) is 11.3 Å². The van der Waals surface area contributed by atoms with Crippen molar-refractivity contribution in [1.29, 1.82) is 0 Å². The van der Waals surface area contributed by atoms with Crippen molar-refractivity contribution in [3.63, 3.8) is 0 Å². The predicted molar refractivity (Wildman–Crippen MR) is 92.3 cm³/mol. The first-order chi connectivity index (χ1) is 11.2. The number of hydrogen-bond acceptors (Lipinski definition) is 5. The van der Waals surface area contributed by atoms with E-state index in [0.29, 0.717) is 11.0 Å². The third-order valence-electron chi connectivity index (χ3n) is 4.89. The van der Waals surface area contributed by atoms with Gasteiger partial charge in [0.2, 0.25) is 5.91 Å². The molecule has 1 unspecified atom stereocenters. The van der Waals surface area contributed by atoms with Crippen LogP contribution in [0.25, 0.3) is 0 Å². The molecule has 0 radical (unpaired) electrons. The molecule has 0 aliphatic carbocycles. The number of nitrogen functional groups attached to an aromatic ring is 1. The fourth-order valence-electron chi connectivity index (χ4n) is 3.76. The molecule has 0 spiro atoms. The Morgan fingerprint density at radius 2 is 2.09 bits per heavy atom. The van der Waals surface area contributed by atoms with Crippen molar-refractivity contribution in [2.45, 2.75) is 25.3 Å². The highest BCUT2D eigenvalue weighted by molar-refractivity contribution is 7.15. The number of rotatable bonds is 3. The number of nitrogens with two attached hydrogens (primary N) is 1. The van der Waals surface area contributed by atoms with E-state index in [-0.39, 0.29) is 11.8 Å². The topological polar surface area (TPSA) is 71.2 Å². The quantitative estimate of drug-likeness (QED) is 0.909. The van der Waals surface area contributed by atoms with Gasteiger partial charge in [0.25, 0.3) is 0 Å². The Balaban J connectivity index is 1.41. The minimum absolute atomic E-state index is 0.0207. The molecule has 3 heterocycles. The van der Waals surface area contributed by atoms with Gasteiger partial charge in [-0.05, 0) is 43.5 Å². The number of carbonyl (C=O) groups excluding carboxylic acids is 1. The Hall–Kier alpha value is -1.92. The standard InChI is InChI=1S/C17H20N4OS/c18-17-19-9-12(23-17)10-21-7-5-11(6-8-21)15-13-3-1-2-4-14(13)20-16(15)22/h1-4,9,11,15H,5-8,10H2,(H2,18,19)(H,20,22). The summed E-state index contributed by atoms with van der Waals surface area (Å²) in [5.74, 6) is 0.619. The van der Waals surface area contributed by atoms with Crippen LogP contribution in [0.4, 0.5) is 10.8 Å². The number of amides is 1. The molecule has 2 aliphatic heterocycles. The Bertz CT molecular complexity index is 721. The third-order valence-corrected chi connectivity index (χ3v) is 5.70. The molecule has 120 valence electrons. The fraction of sp³-hybridized carbons (Fsp3) is 0.412. The highest BCUT2D eigenvalue weighted by Crippen LogP contribution is 2.41. The van der Waals surface area contributed by atoms with Crippen LogP contribution < -0.4 is 11.1 Å². The number of benzene rings is 1. The maximum atomic E-state index is 12.4. The van der Waals surface area contributed by atoms with Crippen molar-refractivity contribution >= 4 is 28.1 Å². The van der Waals surface area contributed by atoms with Crippen LogP contribution in [0, 0.1) is 5.92 Å². The molecule has 0 saturated carbocycles. The second-order valence-electron chi connectivity index (χ2n) is 6.33. The van der Waals surface area contributed by atoms with E-state index in [1.807, 2.05) is 24.4 Å². The van der Waals surface area contributed by atoms with Crippen LogP contribution in [0.15, 0.2) is 30.5 Å². The van der Waals surface area contributed by atoms with E-state index in [1.165, 1.54) is 10.4 Å². The molecule has 4 rings (SSSR count). The van der Waals surface area contributed by atoms with E-state index < -0.39 is 0 Å². The fourth-order valence-corrected chi connectivity index (χ4v) is 4.49. The molecule has 1 fully saturated rings. The van der Waals surface area contributed by atoms with Crippen LogP contribution in [0.5, 0.6) is 0 Å². The third kappa shape index (κ3) is 2.84. The van der Waals surface area contributed by atoms with Crippen LogP contribution in [-0.2, 0) is 11.3 Å². The molecule has 0 bridgehead atoms. The summed E-state index contributed by atoms with van der Waals surface area (Å²) in [6, 6.07) is 8.08. The van der Waals surface area contributed by atoms with E-state index in [1.54, 1.807) is 11.3 Å². The van der Waals surface area contributed by atoms with E-state index in [4.69, 9.17) is 5.73 Å². The van der Waals surface area contributed by atoms with Gasteiger partial charge in [0.05, 0.1) is 5.92 Å². The van der Waals surface area contributed by atoms with Gasteiger partial charge in [0, 0.05) is 23.3 Å². The summed E-state index contributed by atoms with van der Waals surface area (Å²) in [7, 11) is 0.